The third-order valence-electron chi connectivity index (χ3n) is 1.18. The van der Waals surface area contributed by atoms with Crippen LogP contribution in [0.1, 0.15) is 26.7 Å². The van der Waals surface area contributed by atoms with E-state index in [1.54, 1.807) is 6.92 Å². The van der Waals surface area contributed by atoms with E-state index in [4.69, 9.17) is 5.11 Å². The Bertz CT molecular complexity index is 112. The maximum absolute atomic E-state index is 10.0. The Kier molecular flexibility index (Phi) is 7.75. The number of hydrogen-bond donors (Lipinski definition) is 1. The van der Waals surface area contributed by atoms with Gasteiger partial charge in [0.25, 0.3) is 0 Å². The van der Waals surface area contributed by atoms with Crippen LogP contribution in [0, 0.1) is 0 Å². The van der Waals surface area contributed by atoms with Crippen LogP contribution in [0.2, 0.25) is 0 Å². The molecule has 0 saturated heterocycles. The molecule has 0 aromatic heterocycles. The molecule has 1 N–H and O–H groups in total. The van der Waals surface area contributed by atoms with E-state index < -0.39 is 11.6 Å². The Balaban J connectivity index is 0. The summed E-state index contributed by atoms with van der Waals surface area (Å²) in [5.74, 6) is -1.40. The molecule has 0 radical (unpaired) electrons. The fraction of sp³-hybridized carbons (Fsp3) is 0.833. The summed E-state index contributed by atoms with van der Waals surface area (Å²) >= 11 is 0. The molecule has 0 aromatic carbocycles. The van der Waals surface area contributed by atoms with Gasteiger partial charge in [-0.1, -0.05) is 13.3 Å². The van der Waals surface area contributed by atoms with Crippen LogP contribution in [0.3, 0.4) is 0 Å². The van der Waals surface area contributed by atoms with Crippen molar-refractivity contribution >= 4 is 5.97 Å². The summed E-state index contributed by atoms with van der Waals surface area (Å²) < 4.78 is 0. The van der Waals surface area contributed by atoms with Crippen molar-refractivity contribution < 1.29 is 66.4 Å². The van der Waals surface area contributed by atoms with Crippen molar-refractivity contribution in [3.63, 3.8) is 0 Å². The number of aliphatic carboxylic acids is 1. The molecule has 0 aliphatic heterocycles. The van der Waals surface area contributed by atoms with Gasteiger partial charge in [-0.05, 0) is 13.3 Å². The van der Waals surface area contributed by atoms with E-state index in [1.807, 2.05) is 0 Å². The van der Waals surface area contributed by atoms with Crippen LogP contribution >= 0.6 is 0 Å². The van der Waals surface area contributed by atoms with Gasteiger partial charge in [-0.3, -0.25) is 0 Å². The maximum Gasteiger partial charge on any atom is 1.00 e. The van der Waals surface area contributed by atoms with Crippen molar-refractivity contribution in [2.24, 2.45) is 0 Å². The molecule has 0 bridgehead atoms. The average molecular weight is 170 g/mol. The summed E-state index contributed by atoms with van der Waals surface area (Å²) in [5, 5.41) is 19.0. The van der Waals surface area contributed by atoms with E-state index in [-0.39, 0.29) is 57.8 Å². The zero-order chi connectivity index (χ0) is 7.49. The minimum atomic E-state index is -1.64. The first-order chi connectivity index (χ1) is 4.00. The summed E-state index contributed by atoms with van der Waals surface area (Å²) in [6, 6.07) is 0. The Morgan fingerprint density at radius 1 is 1.70 bits per heavy atom. The van der Waals surface area contributed by atoms with Gasteiger partial charge in [0.05, 0.1) is 5.97 Å². The molecule has 0 fully saturated rings. The molecule has 0 aliphatic rings. The van der Waals surface area contributed by atoms with Crippen LogP contribution in [0.5, 0.6) is 0 Å². The molecule has 4 heteroatoms. The molecule has 0 saturated carbocycles. The molecular formula is C6H11KO3. The molecule has 10 heavy (non-hydrogen) atoms. The molecule has 0 amide bonds. The summed E-state index contributed by atoms with van der Waals surface area (Å²) in [6.45, 7) is 3.04. The summed E-state index contributed by atoms with van der Waals surface area (Å²) in [5.41, 5.74) is -1.64. The fourth-order valence-electron chi connectivity index (χ4n) is 0.589. The molecule has 0 aliphatic carbocycles. The van der Waals surface area contributed by atoms with Crippen LogP contribution in [0.15, 0.2) is 0 Å². The van der Waals surface area contributed by atoms with Crippen molar-refractivity contribution in [2.75, 3.05) is 0 Å². The second kappa shape index (κ2) is 5.68. The second-order valence-electron chi connectivity index (χ2n) is 2.31. The zero-order valence-electron chi connectivity index (χ0n) is 6.68. The van der Waals surface area contributed by atoms with Crippen LogP contribution in [-0.4, -0.2) is 16.7 Å². The minimum Gasteiger partial charge on any atom is -0.547 e. The molecular weight excluding hydrogens is 159 g/mol. The number of carboxylic acid groups (broad SMARTS) is 1. The van der Waals surface area contributed by atoms with Crippen LogP contribution in [0.25, 0.3) is 0 Å². The molecule has 1 atom stereocenters. The Labute approximate surface area is 103 Å². The van der Waals surface area contributed by atoms with Gasteiger partial charge in [0, 0.05) is 0 Å². The number of carbonyl (C=O) groups excluding carboxylic acids is 1. The number of carbonyl (C=O) groups is 1. The summed E-state index contributed by atoms with van der Waals surface area (Å²) in [4.78, 5) is 10.0. The number of carboxylic acids is 1. The van der Waals surface area contributed by atoms with Crippen molar-refractivity contribution in [3.8, 4) is 0 Å². The van der Waals surface area contributed by atoms with E-state index in [0.29, 0.717) is 6.42 Å². The summed E-state index contributed by atoms with van der Waals surface area (Å²) in [6.07, 6.45) is 0.885. The van der Waals surface area contributed by atoms with Gasteiger partial charge in [0.15, 0.2) is 0 Å². The van der Waals surface area contributed by atoms with E-state index >= 15 is 0 Å². The normalized spacial score (nSPS) is 15.1. The topological polar surface area (TPSA) is 60.4 Å². The molecule has 54 valence electrons. The average Bonchev–Trinajstić information content (AvgIpc) is 1.65. The predicted molar refractivity (Wildman–Crippen MR) is 30.5 cm³/mol. The smallest absolute Gasteiger partial charge is 0.547 e. The molecule has 3 nitrogen and oxygen atoms in total. The van der Waals surface area contributed by atoms with E-state index in [9.17, 15) is 9.90 Å². The summed E-state index contributed by atoms with van der Waals surface area (Å²) in [7, 11) is 0. The quantitative estimate of drug-likeness (QED) is 0.443. The minimum absolute atomic E-state index is 0. The fourth-order valence-corrected chi connectivity index (χ4v) is 0.589. The molecule has 0 rings (SSSR count). The number of rotatable bonds is 3. The van der Waals surface area contributed by atoms with Crippen molar-refractivity contribution in [2.45, 2.75) is 32.3 Å². The number of aliphatic hydroxyl groups is 1. The maximum atomic E-state index is 10.0. The molecule has 1 unspecified atom stereocenters. The first-order valence-corrected chi connectivity index (χ1v) is 2.94. The van der Waals surface area contributed by atoms with Crippen LogP contribution in [-0.2, 0) is 4.79 Å². The monoisotopic (exact) mass is 170 g/mol. The molecule has 0 heterocycles. The number of hydrogen-bond acceptors (Lipinski definition) is 3. The molecule has 0 aromatic rings. The SMILES string of the molecule is CCCC(C)(O)C(=O)[O-].[K+]. The van der Waals surface area contributed by atoms with Gasteiger partial charge in [-0.25, -0.2) is 0 Å². The molecule has 0 spiro atoms. The second-order valence-corrected chi connectivity index (χ2v) is 2.31. The van der Waals surface area contributed by atoms with Gasteiger partial charge in [0.2, 0.25) is 0 Å². The van der Waals surface area contributed by atoms with Crippen LogP contribution in [0.4, 0.5) is 0 Å². The van der Waals surface area contributed by atoms with Crippen molar-refractivity contribution in [1.29, 1.82) is 0 Å². The van der Waals surface area contributed by atoms with Crippen molar-refractivity contribution in [1.82, 2.24) is 0 Å². The third-order valence-corrected chi connectivity index (χ3v) is 1.18. The van der Waals surface area contributed by atoms with Crippen LogP contribution < -0.4 is 56.5 Å². The van der Waals surface area contributed by atoms with E-state index in [1.165, 1.54) is 6.92 Å². The van der Waals surface area contributed by atoms with Gasteiger partial charge in [-0.15, -0.1) is 0 Å². The van der Waals surface area contributed by atoms with Gasteiger partial charge < -0.3 is 15.0 Å². The third kappa shape index (κ3) is 4.82. The first-order valence-electron chi connectivity index (χ1n) is 2.94. The van der Waals surface area contributed by atoms with E-state index in [2.05, 4.69) is 0 Å². The van der Waals surface area contributed by atoms with Crippen molar-refractivity contribution in [3.05, 3.63) is 0 Å². The Hall–Kier alpha value is 1.07. The van der Waals surface area contributed by atoms with E-state index in [0.717, 1.165) is 0 Å². The van der Waals surface area contributed by atoms with Gasteiger partial charge in [-0.2, -0.15) is 0 Å². The Morgan fingerprint density at radius 2 is 2.10 bits per heavy atom. The first kappa shape index (κ1) is 13.6. The van der Waals surface area contributed by atoms with Gasteiger partial charge >= 0.3 is 51.4 Å². The standard InChI is InChI=1S/C6H12O3.K/c1-3-4-6(2,9)5(7)8;/h9H,3-4H2,1-2H3,(H,7,8);/q;+1/p-1. The zero-order valence-corrected chi connectivity index (χ0v) is 9.80. The Morgan fingerprint density at radius 3 is 2.20 bits per heavy atom. The largest absolute Gasteiger partial charge is 1.00 e. The predicted octanol–water partition coefficient (Wildman–Crippen LogP) is -3.71. The van der Waals surface area contributed by atoms with Gasteiger partial charge in [0.1, 0.15) is 5.60 Å².